The van der Waals surface area contributed by atoms with Crippen LogP contribution in [0.2, 0.25) is 0 Å². The number of nitrogens with one attached hydrogen (secondary N) is 1. The molecule has 7 heteroatoms. The monoisotopic (exact) mass is 333 g/mol. The lowest BCUT2D eigenvalue weighted by Gasteiger charge is -2.27. The minimum Gasteiger partial charge on any atom is -0.493 e. The van der Waals surface area contributed by atoms with Gasteiger partial charge in [0, 0.05) is 12.3 Å². The molecule has 1 N–H and O–H groups in total. The first kappa shape index (κ1) is 19.3. The van der Waals surface area contributed by atoms with Crippen LogP contribution in [-0.4, -0.2) is 24.7 Å². The SMILES string of the molecule is CCOc1ccc(NC(=O)C(C)(CC)OCC)cc1C(F)(F)F. The van der Waals surface area contributed by atoms with Crippen LogP contribution in [-0.2, 0) is 15.7 Å². The smallest absolute Gasteiger partial charge is 0.420 e. The minimum atomic E-state index is -4.57. The zero-order chi connectivity index (χ0) is 17.7. The van der Waals surface area contributed by atoms with Gasteiger partial charge in [0.05, 0.1) is 12.2 Å². The molecular weight excluding hydrogens is 311 g/mol. The maximum atomic E-state index is 13.1. The van der Waals surface area contributed by atoms with Crippen LogP contribution >= 0.6 is 0 Å². The van der Waals surface area contributed by atoms with Crippen LogP contribution in [0.25, 0.3) is 0 Å². The summed E-state index contributed by atoms with van der Waals surface area (Å²) >= 11 is 0. The quantitative estimate of drug-likeness (QED) is 0.811. The van der Waals surface area contributed by atoms with Crippen LogP contribution in [0, 0.1) is 0 Å². The van der Waals surface area contributed by atoms with Gasteiger partial charge in [-0.05, 0) is 45.4 Å². The van der Waals surface area contributed by atoms with E-state index >= 15 is 0 Å². The first-order valence-corrected chi connectivity index (χ1v) is 7.47. The second kappa shape index (κ2) is 7.68. The Labute approximate surface area is 134 Å². The summed E-state index contributed by atoms with van der Waals surface area (Å²) in [5.74, 6) is -0.750. The first-order valence-electron chi connectivity index (χ1n) is 7.47. The molecule has 0 heterocycles. The fraction of sp³-hybridized carbons (Fsp3) is 0.562. The van der Waals surface area contributed by atoms with Gasteiger partial charge in [0.15, 0.2) is 0 Å². The molecule has 0 aliphatic heterocycles. The number of halogens is 3. The number of alkyl halides is 3. The number of hydrogen-bond donors (Lipinski definition) is 1. The molecule has 1 rings (SSSR count). The largest absolute Gasteiger partial charge is 0.493 e. The predicted molar refractivity (Wildman–Crippen MR) is 81.6 cm³/mol. The van der Waals surface area contributed by atoms with Crippen molar-refractivity contribution in [3.63, 3.8) is 0 Å². The molecule has 4 nitrogen and oxygen atoms in total. The molecule has 0 aliphatic carbocycles. The number of rotatable bonds is 7. The van der Waals surface area contributed by atoms with Crippen molar-refractivity contribution in [2.75, 3.05) is 18.5 Å². The number of carbonyl (C=O) groups excluding carboxylic acids is 1. The van der Waals surface area contributed by atoms with E-state index in [1.807, 2.05) is 0 Å². The molecule has 1 aromatic carbocycles. The summed E-state index contributed by atoms with van der Waals surface area (Å²) in [5.41, 5.74) is -1.97. The van der Waals surface area contributed by atoms with Crippen LogP contribution in [0.1, 0.15) is 39.7 Å². The summed E-state index contributed by atoms with van der Waals surface area (Å²) in [6.07, 6.45) is -4.17. The van der Waals surface area contributed by atoms with Crippen LogP contribution < -0.4 is 10.1 Å². The van der Waals surface area contributed by atoms with Crippen LogP contribution in [0.5, 0.6) is 5.75 Å². The Kier molecular flexibility index (Phi) is 6.44. The third kappa shape index (κ3) is 4.86. The van der Waals surface area contributed by atoms with E-state index in [4.69, 9.17) is 9.47 Å². The Morgan fingerprint density at radius 3 is 2.30 bits per heavy atom. The van der Waals surface area contributed by atoms with Crippen molar-refractivity contribution in [3.05, 3.63) is 23.8 Å². The zero-order valence-electron chi connectivity index (χ0n) is 13.7. The Morgan fingerprint density at radius 2 is 1.83 bits per heavy atom. The van der Waals surface area contributed by atoms with E-state index in [2.05, 4.69) is 5.32 Å². The number of ether oxygens (including phenoxy) is 2. The van der Waals surface area contributed by atoms with E-state index in [0.29, 0.717) is 13.0 Å². The lowest BCUT2D eigenvalue weighted by Crippen LogP contribution is -2.42. The molecule has 0 bridgehead atoms. The highest BCUT2D eigenvalue weighted by Gasteiger charge is 2.36. The normalized spacial score (nSPS) is 14.2. The van der Waals surface area contributed by atoms with Crippen molar-refractivity contribution in [1.29, 1.82) is 0 Å². The highest BCUT2D eigenvalue weighted by atomic mass is 19.4. The lowest BCUT2D eigenvalue weighted by molar-refractivity contribution is -0.140. The van der Waals surface area contributed by atoms with Gasteiger partial charge in [-0.15, -0.1) is 0 Å². The van der Waals surface area contributed by atoms with E-state index < -0.39 is 23.2 Å². The van der Waals surface area contributed by atoms with Gasteiger partial charge in [-0.1, -0.05) is 6.92 Å². The van der Waals surface area contributed by atoms with Gasteiger partial charge < -0.3 is 14.8 Å². The summed E-state index contributed by atoms with van der Waals surface area (Å²) < 4.78 is 49.7. The number of hydrogen-bond acceptors (Lipinski definition) is 3. The first-order chi connectivity index (χ1) is 10.7. The number of anilines is 1. The molecular formula is C16H22F3NO3. The van der Waals surface area contributed by atoms with Crippen molar-refractivity contribution in [2.45, 2.75) is 45.9 Å². The van der Waals surface area contributed by atoms with Gasteiger partial charge in [-0.25, -0.2) is 0 Å². The molecule has 1 unspecified atom stereocenters. The Morgan fingerprint density at radius 1 is 1.17 bits per heavy atom. The third-order valence-electron chi connectivity index (χ3n) is 3.46. The highest BCUT2D eigenvalue weighted by Crippen LogP contribution is 2.38. The van der Waals surface area contributed by atoms with Crippen molar-refractivity contribution < 1.29 is 27.4 Å². The van der Waals surface area contributed by atoms with Crippen LogP contribution in [0.15, 0.2) is 18.2 Å². The van der Waals surface area contributed by atoms with Crippen molar-refractivity contribution in [2.24, 2.45) is 0 Å². The average Bonchev–Trinajstić information content (AvgIpc) is 2.48. The topological polar surface area (TPSA) is 47.6 Å². The number of benzene rings is 1. The lowest BCUT2D eigenvalue weighted by atomic mass is 10.0. The zero-order valence-corrected chi connectivity index (χ0v) is 13.7. The van der Waals surface area contributed by atoms with E-state index in [0.717, 1.165) is 6.07 Å². The van der Waals surface area contributed by atoms with Gasteiger partial charge in [0.25, 0.3) is 5.91 Å². The Bertz CT molecular complexity index is 546. The summed E-state index contributed by atoms with van der Waals surface area (Å²) in [7, 11) is 0. The molecule has 0 aliphatic rings. The standard InChI is InChI=1S/C16H22F3NO3/c1-5-15(4,23-7-3)14(21)20-11-8-9-13(22-6-2)12(10-11)16(17,18)19/h8-10H,5-7H2,1-4H3,(H,20,21). The second-order valence-corrected chi connectivity index (χ2v) is 5.11. The molecule has 0 saturated heterocycles. The predicted octanol–water partition coefficient (Wildman–Crippen LogP) is 4.25. The average molecular weight is 333 g/mol. The fourth-order valence-electron chi connectivity index (χ4n) is 2.02. The van der Waals surface area contributed by atoms with E-state index in [9.17, 15) is 18.0 Å². The molecule has 1 atom stereocenters. The van der Waals surface area contributed by atoms with Crippen molar-refractivity contribution in [3.8, 4) is 5.75 Å². The fourth-order valence-corrected chi connectivity index (χ4v) is 2.02. The number of amides is 1. The molecule has 0 spiro atoms. The second-order valence-electron chi connectivity index (χ2n) is 5.11. The maximum absolute atomic E-state index is 13.1. The summed E-state index contributed by atoms with van der Waals surface area (Å²) in [4.78, 5) is 12.3. The van der Waals surface area contributed by atoms with Gasteiger partial charge in [0.1, 0.15) is 11.4 Å². The highest BCUT2D eigenvalue weighted by molar-refractivity contribution is 5.97. The van der Waals surface area contributed by atoms with Crippen LogP contribution in [0.4, 0.5) is 18.9 Å². The van der Waals surface area contributed by atoms with Crippen LogP contribution in [0.3, 0.4) is 0 Å². The molecule has 23 heavy (non-hydrogen) atoms. The molecule has 130 valence electrons. The molecule has 0 saturated carbocycles. The third-order valence-corrected chi connectivity index (χ3v) is 3.46. The molecule has 0 aromatic heterocycles. The van der Waals surface area contributed by atoms with E-state index in [1.54, 1.807) is 27.7 Å². The molecule has 1 aromatic rings. The molecule has 1 amide bonds. The molecule has 0 fully saturated rings. The Balaban J connectivity index is 3.08. The maximum Gasteiger partial charge on any atom is 0.420 e. The summed E-state index contributed by atoms with van der Waals surface area (Å²) in [5, 5.41) is 2.48. The van der Waals surface area contributed by atoms with Crippen molar-refractivity contribution in [1.82, 2.24) is 0 Å². The molecule has 0 radical (unpaired) electrons. The Hall–Kier alpha value is -1.76. The number of carbonyl (C=O) groups is 1. The van der Waals surface area contributed by atoms with Gasteiger partial charge in [0.2, 0.25) is 0 Å². The summed E-state index contributed by atoms with van der Waals surface area (Å²) in [6, 6.07) is 3.44. The van der Waals surface area contributed by atoms with Gasteiger partial charge >= 0.3 is 6.18 Å². The van der Waals surface area contributed by atoms with Gasteiger partial charge in [-0.2, -0.15) is 13.2 Å². The summed E-state index contributed by atoms with van der Waals surface area (Å²) in [6.45, 7) is 7.17. The van der Waals surface area contributed by atoms with E-state index in [1.165, 1.54) is 12.1 Å². The van der Waals surface area contributed by atoms with Gasteiger partial charge in [-0.3, -0.25) is 4.79 Å². The minimum absolute atomic E-state index is 0.0464. The van der Waals surface area contributed by atoms with E-state index in [-0.39, 0.29) is 18.0 Å². The van der Waals surface area contributed by atoms with Crippen molar-refractivity contribution >= 4 is 11.6 Å².